The Hall–Kier alpha value is -3.09. The average Bonchev–Trinajstić information content (AvgIpc) is 3.15. The molecule has 7 heteroatoms. The number of aromatic nitrogens is 2. The molecule has 1 N–H and O–H groups in total. The number of halogens is 2. The Kier molecular flexibility index (Phi) is 6.11. The van der Waals surface area contributed by atoms with Gasteiger partial charge >= 0.3 is 5.97 Å². The van der Waals surface area contributed by atoms with Gasteiger partial charge in [-0.1, -0.05) is 39.7 Å². The fourth-order valence-corrected chi connectivity index (χ4v) is 3.82. The largest absolute Gasteiger partial charge is 0.488 e. The number of nitrogens with zero attached hydrogens (tertiary/aromatic N) is 2. The van der Waals surface area contributed by atoms with Crippen LogP contribution in [0.25, 0.3) is 16.9 Å². The summed E-state index contributed by atoms with van der Waals surface area (Å²) in [7, 11) is 0. The van der Waals surface area contributed by atoms with E-state index in [1.165, 1.54) is 6.20 Å². The van der Waals surface area contributed by atoms with Gasteiger partial charge in [-0.3, -0.25) is 4.98 Å². The van der Waals surface area contributed by atoms with Crippen LogP contribution >= 0.6 is 27.5 Å². The Bertz CT molecular complexity index is 1250. The van der Waals surface area contributed by atoms with Crippen molar-refractivity contribution in [3.63, 3.8) is 0 Å². The quantitative estimate of drug-likeness (QED) is 0.328. The van der Waals surface area contributed by atoms with Crippen molar-refractivity contribution in [2.45, 2.75) is 13.5 Å². The van der Waals surface area contributed by atoms with Crippen LogP contribution in [0.4, 0.5) is 0 Å². The van der Waals surface area contributed by atoms with Gasteiger partial charge in [-0.15, -0.1) is 0 Å². The van der Waals surface area contributed by atoms with E-state index >= 15 is 0 Å². The van der Waals surface area contributed by atoms with Crippen molar-refractivity contribution >= 4 is 33.5 Å². The maximum Gasteiger partial charge on any atom is 0.337 e. The van der Waals surface area contributed by atoms with Crippen molar-refractivity contribution in [3.05, 3.63) is 99.4 Å². The third-order valence-electron chi connectivity index (χ3n) is 4.83. The number of rotatable bonds is 6. The second-order valence-corrected chi connectivity index (χ2v) is 8.34. The van der Waals surface area contributed by atoms with Crippen LogP contribution in [0, 0.1) is 6.92 Å². The lowest BCUT2D eigenvalue weighted by Gasteiger charge is -2.16. The minimum atomic E-state index is -1.02. The van der Waals surface area contributed by atoms with E-state index in [4.69, 9.17) is 16.3 Å². The maximum atomic E-state index is 11.4. The molecule has 0 aliphatic heterocycles. The first kappa shape index (κ1) is 21.2. The van der Waals surface area contributed by atoms with E-state index in [-0.39, 0.29) is 5.56 Å². The zero-order chi connectivity index (χ0) is 22.0. The number of pyridine rings is 1. The second-order valence-electron chi connectivity index (χ2n) is 6.99. The Morgan fingerprint density at radius 1 is 1.10 bits per heavy atom. The van der Waals surface area contributed by atoms with Crippen molar-refractivity contribution in [2.24, 2.45) is 0 Å². The highest BCUT2D eigenvalue weighted by Gasteiger charge is 2.16. The molecule has 4 rings (SSSR count). The number of hydrogen-bond acceptors (Lipinski definition) is 3. The van der Waals surface area contributed by atoms with E-state index in [1.54, 1.807) is 12.3 Å². The van der Waals surface area contributed by atoms with Crippen molar-refractivity contribution in [2.75, 3.05) is 0 Å². The van der Waals surface area contributed by atoms with Crippen LogP contribution < -0.4 is 4.74 Å². The van der Waals surface area contributed by atoms with E-state index in [0.717, 1.165) is 27.0 Å². The third-order valence-corrected chi connectivity index (χ3v) is 5.58. The van der Waals surface area contributed by atoms with Gasteiger partial charge in [0.15, 0.2) is 0 Å². The molecule has 0 radical (unpaired) electrons. The van der Waals surface area contributed by atoms with Crippen LogP contribution in [0.1, 0.15) is 21.6 Å². The highest BCUT2D eigenvalue weighted by molar-refractivity contribution is 9.10. The minimum Gasteiger partial charge on any atom is -0.488 e. The summed E-state index contributed by atoms with van der Waals surface area (Å²) in [6.07, 6.45) is 2.99. The summed E-state index contributed by atoms with van der Waals surface area (Å²) in [5.41, 5.74) is 4.49. The van der Waals surface area contributed by atoms with Crippen molar-refractivity contribution in [3.8, 4) is 22.7 Å². The summed E-state index contributed by atoms with van der Waals surface area (Å²) in [5, 5.41) is 10.0. The Morgan fingerprint density at radius 2 is 1.87 bits per heavy atom. The first-order chi connectivity index (χ1) is 14.9. The number of aryl methyl sites for hydroxylation is 1. The Balaban J connectivity index is 1.75. The van der Waals surface area contributed by atoms with Gasteiger partial charge in [0.2, 0.25) is 0 Å². The third kappa shape index (κ3) is 4.65. The van der Waals surface area contributed by atoms with Gasteiger partial charge in [-0.2, -0.15) is 0 Å². The van der Waals surface area contributed by atoms with Crippen LogP contribution in [0.2, 0.25) is 5.02 Å². The molecule has 0 amide bonds. The maximum absolute atomic E-state index is 11.4. The Labute approximate surface area is 193 Å². The lowest BCUT2D eigenvalue weighted by molar-refractivity contribution is 0.0696. The second kappa shape index (κ2) is 8.96. The van der Waals surface area contributed by atoms with Gasteiger partial charge < -0.3 is 14.4 Å². The Morgan fingerprint density at radius 3 is 2.61 bits per heavy atom. The van der Waals surface area contributed by atoms with Crippen molar-refractivity contribution in [1.82, 2.24) is 9.55 Å². The van der Waals surface area contributed by atoms with Crippen molar-refractivity contribution in [1.29, 1.82) is 0 Å². The average molecular weight is 498 g/mol. The fraction of sp³-hybridized carbons (Fsp3) is 0.0833. The molecule has 0 saturated heterocycles. The number of carboxylic acids is 1. The number of carbonyl (C=O) groups is 1. The molecule has 0 spiro atoms. The molecule has 0 fully saturated rings. The van der Waals surface area contributed by atoms with Gasteiger partial charge in [-0.25, -0.2) is 4.79 Å². The molecule has 4 aromatic rings. The topological polar surface area (TPSA) is 64.4 Å². The normalized spacial score (nSPS) is 10.8. The van der Waals surface area contributed by atoms with Gasteiger partial charge in [-0.05, 0) is 61.0 Å². The van der Waals surface area contributed by atoms with Crippen LogP contribution in [0.3, 0.4) is 0 Å². The first-order valence-corrected chi connectivity index (χ1v) is 10.6. The van der Waals surface area contributed by atoms with Gasteiger partial charge in [0.25, 0.3) is 0 Å². The van der Waals surface area contributed by atoms with Crippen LogP contribution in [-0.2, 0) is 6.61 Å². The van der Waals surface area contributed by atoms with E-state index in [9.17, 15) is 9.90 Å². The summed E-state index contributed by atoms with van der Waals surface area (Å²) in [5.74, 6) is -0.310. The predicted molar refractivity (Wildman–Crippen MR) is 124 cm³/mol. The summed E-state index contributed by atoms with van der Waals surface area (Å²) in [4.78, 5) is 15.5. The molecule has 2 aromatic carbocycles. The number of carboxylic acid groups (broad SMARTS) is 1. The van der Waals surface area contributed by atoms with Crippen LogP contribution in [0.5, 0.6) is 5.75 Å². The first-order valence-electron chi connectivity index (χ1n) is 9.46. The summed E-state index contributed by atoms with van der Waals surface area (Å²) in [6.45, 7) is 2.35. The summed E-state index contributed by atoms with van der Waals surface area (Å²) < 4.78 is 9.02. The smallest absolute Gasteiger partial charge is 0.337 e. The van der Waals surface area contributed by atoms with Gasteiger partial charge in [0.1, 0.15) is 12.4 Å². The monoisotopic (exact) mass is 496 g/mol. The standard InChI is InChI=1S/C24H18BrClN2O3/c1-15-2-8-22(28(15)20-10-17(24(29)30)12-27-13-20)21-11-18(25)5-9-23(21)31-14-16-3-6-19(26)7-4-16/h2-13H,14H2,1H3,(H,29,30). The molecule has 0 atom stereocenters. The summed E-state index contributed by atoms with van der Waals surface area (Å²) >= 11 is 9.52. The zero-order valence-corrected chi connectivity index (χ0v) is 18.9. The van der Waals surface area contributed by atoms with Gasteiger partial charge in [0.05, 0.1) is 23.1 Å². The lowest BCUT2D eigenvalue weighted by Crippen LogP contribution is -2.04. The predicted octanol–water partition coefficient (Wildman–Crippen LogP) is 6.54. The number of ether oxygens (including phenoxy) is 1. The molecular formula is C24H18BrClN2O3. The SMILES string of the molecule is Cc1ccc(-c2cc(Br)ccc2OCc2ccc(Cl)cc2)n1-c1cncc(C(=O)O)c1. The van der Waals surface area contributed by atoms with Crippen LogP contribution in [0.15, 0.2) is 77.5 Å². The fourth-order valence-electron chi connectivity index (χ4n) is 3.33. The molecular weight excluding hydrogens is 480 g/mol. The van der Waals surface area contributed by atoms with E-state index in [0.29, 0.717) is 23.1 Å². The number of aromatic carboxylic acids is 1. The molecule has 0 saturated carbocycles. The molecule has 31 heavy (non-hydrogen) atoms. The molecule has 0 bridgehead atoms. The number of benzene rings is 2. The van der Waals surface area contributed by atoms with E-state index in [2.05, 4.69) is 20.9 Å². The molecule has 156 valence electrons. The highest BCUT2D eigenvalue weighted by Crippen LogP contribution is 2.36. The minimum absolute atomic E-state index is 0.130. The van der Waals surface area contributed by atoms with E-state index in [1.807, 2.05) is 66.1 Å². The summed E-state index contributed by atoms with van der Waals surface area (Å²) in [6, 6.07) is 18.9. The number of hydrogen-bond donors (Lipinski definition) is 1. The lowest BCUT2D eigenvalue weighted by atomic mass is 10.1. The van der Waals surface area contributed by atoms with Crippen molar-refractivity contribution < 1.29 is 14.6 Å². The molecule has 5 nitrogen and oxygen atoms in total. The molecule has 0 aliphatic carbocycles. The molecule has 0 unspecified atom stereocenters. The van der Waals surface area contributed by atoms with E-state index < -0.39 is 5.97 Å². The van der Waals surface area contributed by atoms with Gasteiger partial charge in [0, 0.05) is 26.9 Å². The molecule has 2 heterocycles. The highest BCUT2D eigenvalue weighted by atomic mass is 79.9. The zero-order valence-electron chi connectivity index (χ0n) is 16.5. The van der Waals surface area contributed by atoms with Crippen LogP contribution in [-0.4, -0.2) is 20.6 Å². The molecule has 2 aromatic heterocycles. The molecule has 0 aliphatic rings.